The van der Waals surface area contributed by atoms with Gasteiger partial charge in [-0.3, -0.25) is 9.48 Å². The van der Waals surface area contributed by atoms with Gasteiger partial charge in [-0.05, 0) is 38.7 Å². The van der Waals surface area contributed by atoms with Crippen molar-refractivity contribution in [1.82, 2.24) is 19.8 Å². The Morgan fingerprint density at radius 3 is 2.85 bits per heavy atom. The molecule has 4 rings (SSSR count). The van der Waals surface area contributed by atoms with E-state index in [0.29, 0.717) is 17.0 Å². The molecule has 1 aliphatic heterocycles. The summed E-state index contributed by atoms with van der Waals surface area (Å²) in [5, 5.41) is 8.45. The van der Waals surface area contributed by atoms with Crippen LogP contribution in [0.4, 0.5) is 0 Å². The van der Waals surface area contributed by atoms with Crippen LogP contribution in [0.3, 0.4) is 0 Å². The summed E-state index contributed by atoms with van der Waals surface area (Å²) in [7, 11) is 0. The van der Waals surface area contributed by atoms with Gasteiger partial charge in [0.05, 0.1) is 0 Å². The van der Waals surface area contributed by atoms with Gasteiger partial charge in [-0.2, -0.15) is 5.10 Å². The van der Waals surface area contributed by atoms with Crippen molar-refractivity contribution in [2.24, 2.45) is 0 Å². The van der Waals surface area contributed by atoms with E-state index >= 15 is 0 Å². The van der Waals surface area contributed by atoms with Crippen LogP contribution < -0.4 is 0 Å². The fraction of sp³-hybridized carbons (Fsp3) is 0.381. The second kappa shape index (κ2) is 7.78. The number of carbonyl (C=O) groups is 1. The topological polar surface area (TPSA) is 64.2 Å². The average Bonchev–Trinajstić information content (AvgIpc) is 3.36. The second-order valence-corrected chi connectivity index (χ2v) is 7.03. The molecule has 1 aliphatic rings. The molecule has 0 aliphatic carbocycles. The average molecular weight is 364 g/mol. The third-order valence-electron chi connectivity index (χ3n) is 5.26. The first kappa shape index (κ1) is 17.5. The van der Waals surface area contributed by atoms with Crippen molar-refractivity contribution >= 4 is 5.91 Å². The third kappa shape index (κ3) is 3.65. The first-order chi connectivity index (χ1) is 13.2. The number of nitrogens with zero attached hydrogens (tertiary/aromatic N) is 4. The van der Waals surface area contributed by atoms with Crippen LogP contribution in [0.15, 0.2) is 53.3 Å². The Bertz CT molecular complexity index is 886. The first-order valence-corrected chi connectivity index (χ1v) is 9.54. The van der Waals surface area contributed by atoms with E-state index in [1.54, 1.807) is 6.20 Å². The minimum Gasteiger partial charge on any atom is -0.360 e. The van der Waals surface area contributed by atoms with Gasteiger partial charge in [0.1, 0.15) is 17.0 Å². The minimum absolute atomic E-state index is 0.0257. The molecule has 1 amide bonds. The summed E-state index contributed by atoms with van der Waals surface area (Å²) in [5.41, 5.74) is 2.13. The minimum atomic E-state index is 0.0257. The van der Waals surface area contributed by atoms with E-state index in [0.717, 1.165) is 44.3 Å². The van der Waals surface area contributed by atoms with Crippen LogP contribution in [0.5, 0.6) is 0 Å². The number of hydrogen-bond donors (Lipinski definition) is 0. The molecule has 140 valence electrons. The quantitative estimate of drug-likeness (QED) is 0.688. The molecular formula is C21H24N4O2. The van der Waals surface area contributed by atoms with E-state index in [2.05, 4.69) is 10.3 Å². The van der Waals surface area contributed by atoms with E-state index in [1.165, 1.54) is 0 Å². The zero-order valence-corrected chi connectivity index (χ0v) is 15.5. The molecule has 3 aromatic rings. The molecule has 1 atom stereocenters. The van der Waals surface area contributed by atoms with Crippen LogP contribution >= 0.6 is 0 Å². The zero-order chi connectivity index (χ0) is 18.6. The largest absolute Gasteiger partial charge is 0.360 e. The standard InChI is InChI=1S/C21H24N4O2/c1-16-19(20(23-27-16)17-8-3-2-4-9-17)21(26)25-14-6-5-10-18(25)11-15-24-13-7-12-22-24/h2-4,7-9,12-13,18H,5-6,10-11,14-15H2,1H3/t18-/m0/s1. The monoisotopic (exact) mass is 364 g/mol. The Balaban J connectivity index is 1.58. The first-order valence-electron chi connectivity index (χ1n) is 9.54. The molecule has 27 heavy (non-hydrogen) atoms. The van der Waals surface area contributed by atoms with E-state index < -0.39 is 0 Å². The van der Waals surface area contributed by atoms with Crippen molar-refractivity contribution in [3.05, 3.63) is 60.1 Å². The number of benzene rings is 1. The molecule has 0 unspecified atom stereocenters. The molecule has 1 fully saturated rings. The third-order valence-corrected chi connectivity index (χ3v) is 5.26. The maximum Gasteiger partial charge on any atom is 0.259 e. The highest BCUT2D eigenvalue weighted by molar-refractivity contribution is 6.01. The molecule has 3 heterocycles. The summed E-state index contributed by atoms with van der Waals surface area (Å²) >= 11 is 0. The van der Waals surface area contributed by atoms with Crippen LogP contribution in [-0.4, -0.2) is 38.3 Å². The summed E-state index contributed by atoms with van der Waals surface area (Å²) < 4.78 is 7.33. The van der Waals surface area contributed by atoms with Crippen LogP contribution in [-0.2, 0) is 6.54 Å². The van der Waals surface area contributed by atoms with Crippen molar-refractivity contribution in [2.75, 3.05) is 6.54 Å². The molecule has 2 aromatic heterocycles. The van der Waals surface area contributed by atoms with Gasteiger partial charge in [0.2, 0.25) is 0 Å². The molecule has 0 saturated carbocycles. The molecule has 0 bridgehead atoms. The van der Waals surface area contributed by atoms with E-state index in [-0.39, 0.29) is 11.9 Å². The molecule has 0 radical (unpaired) electrons. The lowest BCUT2D eigenvalue weighted by Crippen LogP contribution is -2.44. The van der Waals surface area contributed by atoms with Crippen LogP contribution in [0.25, 0.3) is 11.3 Å². The maximum absolute atomic E-state index is 13.5. The van der Waals surface area contributed by atoms with Crippen molar-refractivity contribution in [2.45, 2.75) is 45.2 Å². The Hall–Kier alpha value is -2.89. The number of amides is 1. The second-order valence-electron chi connectivity index (χ2n) is 7.03. The lowest BCUT2D eigenvalue weighted by atomic mass is 9.97. The highest BCUT2D eigenvalue weighted by atomic mass is 16.5. The Labute approximate surface area is 158 Å². The summed E-state index contributed by atoms with van der Waals surface area (Å²) in [5.74, 6) is 0.605. The van der Waals surface area contributed by atoms with Crippen LogP contribution in [0.2, 0.25) is 0 Å². The molecule has 0 spiro atoms. The number of piperidine rings is 1. The fourth-order valence-corrected chi connectivity index (χ4v) is 3.84. The number of carbonyl (C=O) groups excluding carboxylic acids is 1. The maximum atomic E-state index is 13.5. The van der Waals surface area contributed by atoms with E-state index in [1.807, 2.05) is 59.1 Å². The van der Waals surface area contributed by atoms with Crippen molar-refractivity contribution in [3.8, 4) is 11.3 Å². The number of rotatable bonds is 5. The molecular weight excluding hydrogens is 340 g/mol. The number of aryl methyl sites for hydroxylation is 2. The van der Waals surface area contributed by atoms with Gasteiger partial charge in [-0.25, -0.2) is 0 Å². The molecule has 6 nitrogen and oxygen atoms in total. The van der Waals surface area contributed by atoms with Crippen molar-refractivity contribution < 1.29 is 9.32 Å². The van der Waals surface area contributed by atoms with Crippen LogP contribution in [0.1, 0.15) is 41.8 Å². The van der Waals surface area contributed by atoms with Gasteiger partial charge in [0.15, 0.2) is 0 Å². The Morgan fingerprint density at radius 2 is 2.07 bits per heavy atom. The number of likely N-dealkylation sites (tertiary alicyclic amines) is 1. The normalized spacial score (nSPS) is 17.2. The van der Waals surface area contributed by atoms with Gasteiger partial charge in [0, 0.05) is 37.1 Å². The Kier molecular flexibility index (Phi) is 5.05. The van der Waals surface area contributed by atoms with Gasteiger partial charge in [-0.1, -0.05) is 35.5 Å². The van der Waals surface area contributed by atoms with E-state index in [4.69, 9.17) is 4.52 Å². The zero-order valence-electron chi connectivity index (χ0n) is 15.5. The van der Waals surface area contributed by atoms with E-state index in [9.17, 15) is 4.79 Å². The smallest absolute Gasteiger partial charge is 0.259 e. The van der Waals surface area contributed by atoms with Crippen LogP contribution in [0, 0.1) is 6.92 Å². The number of aromatic nitrogens is 3. The lowest BCUT2D eigenvalue weighted by molar-refractivity contribution is 0.0593. The summed E-state index contributed by atoms with van der Waals surface area (Å²) in [4.78, 5) is 15.5. The fourth-order valence-electron chi connectivity index (χ4n) is 3.84. The van der Waals surface area contributed by atoms with Gasteiger partial charge in [-0.15, -0.1) is 0 Å². The van der Waals surface area contributed by atoms with Gasteiger partial charge in [0.25, 0.3) is 5.91 Å². The molecule has 1 aromatic carbocycles. The summed E-state index contributed by atoms with van der Waals surface area (Å²) in [6.45, 7) is 3.41. The summed E-state index contributed by atoms with van der Waals surface area (Å²) in [6.07, 6.45) is 7.87. The highest BCUT2D eigenvalue weighted by Crippen LogP contribution is 2.29. The molecule has 6 heteroatoms. The van der Waals surface area contributed by atoms with Crippen molar-refractivity contribution in [1.29, 1.82) is 0 Å². The lowest BCUT2D eigenvalue weighted by Gasteiger charge is -2.36. The predicted octanol–water partition coefficient (Wildman–Crippen LogP) is 3.93. The molecule has 1 saturated heterocycles. The van der Waals surface area contributed by atoms with Gasteiger partial charge < -0.3 is 9.42 Å². The van der Waals surface area contributed by atoms with Gasteiger partial charge >= 0.3 is 0 Å². The summed E-state index contributed by atoms with van der Waals surface area (Å²) in [6, 6.07) is 11.9. The molecule has 0 N–H and O–H groups in total. The highest BCUT2D eigenvalue weighted by Gasteiger charge is 2.32. The Morgan fingerprint density at radius 1 is 1.22 bits per heavy atom. The van der Waals surface area contributed by atoms with Crippen molar-refractivity contribution in [3.63, 3.8) is 0 Å². The number of hydrogen-bond acceptors (Lipinski definition) is 4. The SMILES string of the molecule is Cc1onc(-c2ccccc2)c1C(=O)N1CCCC[C@H]1CCn1cccn1. The predicted molar refractivity (Wildman–Crippen MR) is 102 cm³/mol.